The minimum Gasteiger partial charge on any atom is -0.348 e. The Hall–Kier alpha value is -2.49. The number of benzene rings is 2. The minimum atomic E-state index is -0.0511. The van der Waals surface area contributed by atoms with Crippen molar-refractivity contribution >= 4 is 11.6 Å². The molecule has 0 radical (unpaired) electrons. The van der Waals surface area contributed by atoms with Gasteiger partial charge in [-0.25, -0.2) is 0 Å². The van der Waals surface area contributed by atoms with Gasteiger partial charge in [-0.1, -0.05) is 24.3 Å². The maximum atomic E-state index is 11.7. The van der Waals surface area contributed by atoms with E-state index in [9.17, 15) is 9.70 Å². The van der Waals surface area contributed by atoms with Crippen LogP contribution in [-0.2, 0) is 6.54 Å². The fraction of sp³-hybridized carbons (Fsp3) is 0.133. The summed E-state index contributed by atoms with van der Waals surface area (Å²) in [6, 6.07) is 13.0. The van der Waals surface area contributed by atoms with Gasteiger partial charge >= 0.3 is 0 Å². The first-order chi connectivity index (χ1) is 9.18. The van der Waals surface area contributed by atoms with E-state index >= 15 is 0 Å². The van der Waals surface area contributed by atoms with Crippen LogP contribution in [0.2, 0.25) is 0 Å². The number of hydrogen-bond acceptors (Lipinski definition) is 2. The highest BCUT2D eigenvalue weighted by molar-refractivity contribution is 6.00. The van der Waals surface area contributed by atoms with Gasteiger partial charge in [-0.15, -0.1) is 0 Å². The number of nitroso groups, excluding NO2 is 1. The molecule has 1 N–H and O–H groups in total. The maximum absolute atomic E-state index is 11.7. The van der Waals surface area contributed by atoms with Crippen molar-refractivity contribution in [1.29, 1.82) is 0 Å². The highest BCUT2D eigenvalue weighted by Gasteiger charge is 2.24. The number of amides is 1. The van der Waals surface area contributed by atoms with Crippen molar-refractivity contribution in [3.63, 3.8) is 0 Å². The zero-order valence-corrected chi connectivity index (χ0v) is 10.5. The van der Waals surface area contributed by atoms with Gasteiger partial charge in [0.05, 0.1) is 5.56 Å². The van der Waals surface area contributed by atoms with Gasteiger partial charge in [-0.05, 0) is 23.3 Å². The summed E-state index contributed by atoms with van der Waals surface area (Å²) in [5.74, 6) is -0.0511. The van der Waals surface area contributed by atoms with Crippen LogP contribution in [0.25, 0.3) is 11.1 Å². The van der Waals surface area contributed by atoms with Crippen molar-refractivity contribution in [1.82, 2.24) is 5.32 Å². The summed E-state index contributed by atoms with van der Waals surface area (Å²) in [5.41, 5.74) is 4.06. The van der Waals surface area contributed by atoms with E-state index in [0.29, 0.717) is 17.8 Å². The molecule has 2 aromatic carbocycles. The lowest BCUT2D eigenvalue weighted by molar-refractivity contribution is -0.427. The number of nitrogens with one attached hydrogen (secondary N) is 1. The van der Waals surface area contributed by atoms with Gasteiger partial charge in [0.2, 0.25) is 0 Å². The van der Waals surface area contributed by atoms with Crippen LogP contribution < -0.4 is 5.32 Å². The van der Waals surface area contributed by atoms with Gasteiger partial charge in [0.1, 0.15) is 0 Å². The monoisotopic (exact) mass is 253 g/mol. The van der Waals surface area contributed by atoms with Crippen molar-refractivity contribution in [2.24, 2.45) is 0 Å². The molecular formula is C15H13N2O2+. The van der Waals surface area contributed by atoms with Crippen LogP contribution >= 0.6 is 0 Å². The van der Waals surface area contributed by atoms with Crippen molar-refractivity contribution < 1.29 is 9.55 Å². The first-order valence-corrected chi connectivity index (χ1v) is 6.09. The van der Waals surface area contributed by atoms with Crippen LogP contribution in [0.15, 0.2) is 42.5 Å². The average molecular weight is 253 g/mol. The molecule has 4 nitrogen and oxygen atoms in total. The average Bonchev–Trinajstić information content (AvgIpc) is 2.81. The Bertz CT molecular complexity index is 692. The van der Waals surface area contributed by atoms with Crippen LogP contribution in [0.5, 0.6) is 0 Å². The molecule has 4 heteroatoms. The molecule has 0 aliphatic carbocycles. The number of hydrogen-bond donors (Lipinski definition) is 1. The Morgan fingerprint density at radius 3 is 2.47 bits per heavy atom. The Labute approximate surface area is 110 Å². The predicted octanol–water partition coefficient (Wildman–Crippen LogP) is 2.64. The molecule has 94 valence electrons. The van der Waals surface area contributed by atoms with Gasteiger partial charge in [-0.2, -0.15) is 0 Å². The van der Waals surface area contributed by atoms with Gasteiger partial charge in [0, 0.05) is 27.8 Å². The van der Waals surface area contributed by atoms with E-state index in [0.717, 1.165) is 21.5 Å². The van der Waals surface area contributed by atoms with Crippen molar-refractivity contribution in [3.8, 4) is 11.1 Å². The van der Waals surface area contributed by atoms with Crippen LogP contribution in [0.3, 0.4) is 0 Å². The Kier molecular flexibility index (Phi) is 2.63. The molecule has 0 saturated heterocycles. The molecule has 0 saturated carbocycles. The second-order valence-corrected chi connectivity index (χ2v) is 4.53. The Balaban J connectivity index is 2.25. The Morgan fingerprint density at radius 1 is 1.00 bits per heavy atom. The highest BCUT2D eigenvalue weighted by atomic mass is 16.3. The number of carbonyl (C=O) groups is 1. The first-order valence-electron chi connectivity index (χ1n) is 6.09. The first kappa shape index (κ1) is 11.6. The third-order valence-electron chi connectivity index (χ3n) is 3.38. The van der Waals surface area contributed by atoms with Crippen LogP contribution in [0.1, 0.15) is 15.9 Å². The molecule has 2 aromatic rings. The molecule has 1 aliphatic heterocycles. The molecule has 0 fully saturated rings. The van der Waals surface area contributed by atoms with Gasteiger partial charge in [0.25, 0.3) is 11.6 Å². The minimum absolute atomic E-state index is 0.0511. The SMILES string of the molecule is C[N+](=O)c1ccccc1-c1cccc2c1CNC2=O. The number of para-hydroxylation sites is 1. The zero-order chi connectivity index (χ0) is 13.4. The van der Waals surface area contributed by atoms with E-state index < -0.39 is 0 Å². The maximum Gasteiger partial charge on any atom is 0.263 e. The summed E-state index contributed by atoms with van der Waals surface area (Å²) in [6.45, 7) is 0.515. The number of nitrogens with zero attached hydrogens (tertiary/aromatic N) is 1. The molecule has 3 rings (SSSR count). The van der Waals surface area contributed by atoms with Crippen LogP contribution in [-0.4, -0.2) is 17.7 Å². The summed E-state index contributed by atoms with van der Waals surface area (Å²) in [4.78, 5) is 23.3. The lowest BCUT2D eigenvalue weighted by Crippen LogP contribution is -2.12. The van der Waals surface area contributed by atoms with Crippen molar-refractivity contribution in [2.45, 2.75) is 6.54 Å². The lowest BCUT2D eigenvalue weighted by Gasteiger charge is -2.07. The summed E-state index contributed by atoms with van der Waals surface area (Å²) in [7, 11) is 1.48. The second kappa shape index (κ2) is 4.31. The molecule has 19 heavy (non-hydrogen) atoms. The van der Waals surface area contributed by atoms with Crippen LogP contribution in [0.4, 0.5) is 5.69 Å². The highest BCUT2D eigenvalue weighted by Crippen LogP contribution is 2.34. The molecular weight excluding hydrogens is 240 g/mol. The summed E-state index contributed by atoms with van der Waals surface area (Å²) in [6.07, 6.45) is 0. The van der Waals surface area contributed by atoms with E-state index in [1.165, 1.54) is 7.05 Å². The second-order valence-electron chi connectivity index (χ2n) is 4.53. The van der Waals surface area contributed by atoms with Crippen LogP contribution in [0, 0.1) is 4.91 Å². The topological polar surface area (TPSA) is 49.2 Å². The molecule has 0 spiro atoms. The molecule has 1 heterocycles. The molecule has 1 aliphatic rings. The fourth-order valence-electron chi connectivity index (χ4n) is 2.48. The summed E-state index contributed by atoms with van der Waals surface area (Å²) < 4.78 is 0.846. The molecule has 0 aromatic heterocycles. The zero-order valence-electron chi connectivity index (χ0n) is 10.5. The standard InChI is InChI=1S/C15H12N2O2/c1-17(19)14-8-3-2-5-11(14)10-6-4-7-12-13(10)9-16-15(12)18/h2-8H,9H2,1H3/p+1. The molecule has 0 atom stereocenters. The largest absolute Gasteiger partial charge is 0.348 e. The Morgan fingerprint density at radius 2 is 1.68 bits per heavy atom. The van der Waals surface area contributed by atoms with E-state index in [-0.39, 0.29) is 5.91 Å². The molecule has 1 amide bonds. The third kappa shape index (κ3) is 1.81. The molecule has 0 unspecified atom stereocenters. The van der Waals surface area contributed by atoms with E-state index in [1.54, 1.807) is 6.07 Å². The summed E-state index contributed by atoms with van der Waals surface area (Å²) in [5, 5.41) is 2.81. The third-order valence-corrected chi connectivity index (χ3v) is 3.38. The lowest BCUT2D eigenvalue weighted by atomic mass is 9.96. The van der Waals surface area contributed by atoms with Crippen molar-refractivity contribution in [2.75, 3.05) is 7.05 Å². The normalized spacial score (nSPS) is 13.0. The van der Waals surface area contributed by atoms with E-state index in [4.69, 9.17) is 0 Å². The van der Waals surface area contributed by atoms with E-state index in [1.807, 2.05) is 36.4 Å². The van der Waals surface area contributed by atoms with Gasteiger partial charge < -0.3 is 5.32 Å². The quantitative estimate of drug-likeness (QED) is 0.836. The number of carbonyl (C=O) groups excluding carboxylic acids is 1. The molecule has 0 bridgehead atoms. The predicted molar refractivity (Wildman–Crippen MR) is 72.3 cm³/mol. The number of rotatable bonds is 2. The summed E-state index contributed by atoms with van der Waals surface area (Å²) >= 11 is 0. The van der Waals surface area contributed by atoms with Crippen molar-refractivity contribution in [3.05, 3.63) is 58.5 Å². The smallest absolute Gasteiger partial charge is 0.263 e. The van der Waals surface area contributed by atoms with Gasteiger partial charge in [0.15, 0.2) is 7.05 Å². The fourth-order valence-corrected chi connectivity index (χ4v) is 2.48. The van der Waals surface area contributed by atoms with E-state index in [2.05, 4.69) is 5.32 Å². The number of fused-ring (bicyclic) bond motifs is 1. The van der Waals surface area contributed by atoms with Gasteiger partial charge in [-0.3, -0.25) is 4.79 Å².